The van der Waals surface area contributed by atoms with E-state index in [0.717, 1.165) is 17.4 Å². The van der Waals surface area contributed by atoms with Crippen molar-refractivity contribution in [3.8, 4) is 0 Å². The first-order chi connectivity index (χ1) is 9.94. The summed E-state index contributed by atoms with van der Waals surface area (Å²) in [5.41, 5.74) is 5.60. The number of carbonyl (C=O) groups is 1. The average Bonchev–Trinajstić information content (AvgIpc) is 2.45. The first kappa shape index (κ1) is 15.0. The standard InChI is InChI=1S/C15H21N5O/c1-4-17-14-19-11-8-6-5-7-10(11)12(20-14)18-9-15(2,3)13(16)21/h5-8H,4,9H2,1-3H3,(H2,16,21)(H2,17,18,19,20). The van der Waals surface area contributed by atoms with E-state index in [1.807, 2.05) is 31.2 Å². The molecule has 2 rings (SSSR count). The summed E-state index contributed by atoms with van der Waals surface area (Å²) in [6.45, 7) is 6.75. The zero-order valence-electron chi connectivity index (χ0n) is 12.6. The third-order valence-electron chi connectivity index (χ3n) is 3.30. The number of nitrogens with zero attached hydrogens (tertiary/aromatic N) is 2. The Kier molecular flexibility index (Phi) is 4.26. The second kappa shape index (κ2) is 5.95. The lowest BCUT2D eigenvalue weighted by Crippen LogP contribution is -2.37. The molecule has 21 heavy (non-hydrogen) atoms. The number of primary amides is 1. The molecule has 1 heterocycles. The van der Waals surface area contributed by atoms with Gasteiger partial charge in [0.25, 0.3) is 0 Å². The molecule has 0 bridgehead atoms. The number of carbonyl (C=O) groups excluding carboxylic acids is 1. The van der Waals surface area contributed by atoms with Crippen LogP contribution in [0.4, 0.5) is 11.8 Å². The molecule has 0 unspecified atom stereocenters. The first-order valence-corrected chi connectivity index (χ1v) is 6.98. The summed E-state index contributed by atoms with van der Waals surface area (Å²) in [4.78, 5) is 20.3. The van der Waals surface area contributed by atoms with Gasteiger partial charge in [-0.1, -0.05) is 12.1 Å². The first-order valence-electron chi connectivity index (χ1n) is 6.98. The lowest BCUT2D eigenvalue weighted by atomic mass is 9.93. The molecule has 0 atom stereocenters. The van der Waals surface area contributed by atoms with Crippen molar-refractivity contribution in [2.45, 2.75) is 20.8 Å². The van der Waals surface area contributed by atoms with Gasteiger partial charge in [-0.05, 0) is 32.9 Å². The summed E-state index contributed by atoms with van der Waals surface area (Å²) >= 11 is 0. The SMILES string of the molecule is CCNc1nc(NCC(C)(C)C(N)=O)c2ccccc2n1. The van der Waals surface area contributed by atoms with Crippen LogP contribution in [0.25, 0.3) is 10.9 Å². The van der Waals surface area contributed by atoms with Gasteiger partial charge in [0.05, 0.1) is 10.9 Å². The maximum atomic E-state index is 11.4. The van der Waals surface area contributed by atoms with E-state index in [1.54, 1.807) is 13.8 Å². The van der Waals surface area contributed by atoms with E-state index in [4.69, 9.17) is 5.73 Å². The Morgan fingerprint density at radius 3 is 2.62 bits per heavy atom. The third kappa shape index (κ3) is 3.39. The van der Waals surface area contributed by atoms with Crippen LogP contribution in [-0.4, -0.2) is 29.0 Å². The molecule has 6 nitrogen and oxygen atoms in total. The van der Waals surface area contributed by atoms with E-state index < -0.39 is 5.41 Å². The molecular formula is C15H21N5O. The number of aromatic nitrogens is 2. The Balaban J connectivity index is 2.35. The van der Waals surface area contributed by atoms with Crippen LogP contribution in [0.5, 0.6) is 0 Å². The fourth-order valence-corrected chi connectivity index (χ4v) is 1.84. The average molecular weight is 287 g/mol. The van der Waals surface area contributed by atoms with E-state index in [-0.39, 0.29) is 5.91 Å². The second-order valence-electron chi connectivity index (χ2n) is 5.54. The maximum absolute atomic E-state index is 11.4. The summed E-state index contributed by atoms with van der Waals surface area (Å²) in [6.07, 6.45) is 0. The Bertz CT molecular complexity index is 654. The van der Waals surface area contributed by atoms with Crippen molar-refractivity contribution in [1.29, 1.82) is 0 Å². The molecule has 6 heteroatoms. The molecule has 0 saturated carbocycles. The third-order valence-corrected chi connectivity index (χ3v) is 3.30. The van der Waals surface area contributed by atoms with Gasteiger partial charge in [-0.25, -0.2) is 4.98 Å². The molecule has 1 aromatic carbocycles. The molecule has 112 valence electrons. The zero-order valence-corrected chi connectivity index (χ0v) is 12.6. The molecule has 0 aliphatic rings. The Hall–Kier alpha value is -2.37. The minimum absolute atomic E-state index is 0.347. The zero-order chi connectivity index (χ0) is 15.5. The fourth-order valence-electron chi connectivity index (χ4n) is 1.84. The van der Waals surface area contributed by atoms with Crippen LogP contribution < -0.4 is 16.4 Å². The summed E-state index contributed by atoms with van der Waals surface area (Å²) < 4.78 is 0. The molecule has 0 spiro atoms. The van der Waals surface area contributed by atoms with Gasteiger partial charge < -0.3 is 16.4 Å². The van der Waals surface area contributed by atoms with Crippen LogP contribution >= 0.6 is 0 Å². The van der Waals surface area contributed by atoms with Gasteiger partial charge in [-0.2, -0.15) is 4.98 Å². The quantitative estimate of drug-likeness (QED) is 0.755. The smallest absolute Gasteiger partial charge is 0.225 e. The molecule has 0 fully saturated rings. The molecule has 4 N–H and O–H groups in total. The minimum atomic E-state index is -0.648. The second-order valence-corrected chi connectivity index (χ2v) is 5.54. The molecule has 1 aromatic heterocycles. The van der Waals surface area contributed by atoms with E-state index >= 15 is 0 Å². The number of fused-ring (bicyclic) bond motifs is 1. The van der Waals surface area contributed by atoms with Gasteiger partial charge in [0.1, 0.15) is 5.82 Å². The number of anilines is 2. The van der Waals surface area contributed by atoms with Gasteiger partial charge in [0.2, 0.25) is 11.9 Å². The number of nitrogens with one attached hydrogen (secondary N) is 2. The Morgan fingerprint density at radius 2 is 1.95 bits per heavy atom. The van der Waals surface area contributed by atoms with E-state index in [9.17, 15) is 4.79 Å². The maximum Gasteiger partial charge on any atom is 0.225 e. The number of para-hydroxylation sites is 1. The van der Waals surface area contributed by atoms with Crippen LogP contribution in [0.15, 0.2) is 24.3 Å². The van der Waals surface area contributed by atoms with Gasteiger partial charge in [0.15, 0.2) is 0 Å². The number of nitrogens with two attached hydrogens (primary N) is 1. The van der Waals surface area contributed by atoms with Crippen LogP contribution in [0.2, 0.25) is 0 Å². The predicted molar refractivity (Wildman–Crippen MR) is 85.2 cm³/mol. The molecule has 2 aromatic rings. The van der Waals surface area contributed by atoms with Crippen LogP contribution in [0, 0.1) is 5.41 Å². The fraction of sp³-hybridized carbons (Fsp3) is 0.400. The van der Waals surface area contributed by atoms with Crippen LogP contribution in [0.3, 0.4) is 0 Å². The number of rotatable bonds is 6. The van der Waals surface area contributed by atoms with E-state index in [1.165, 1.54) is 0 Å². The largest absolute Gasteiger partial charge is 0.369 e. The van der Waals surface area contributed by atoms with Crippen molar-refractivity contribution in [2.75, 3.05) is 23.7 Å². The highest BCUT2D eigenvalue weighted by Gasteiger charge is 2.25. The minimum Gasteiger partial charge on any atom is -0.369 e. The monoisotopic (exact) mass is 287 g/mol. The lowest BCUT2D eigenvalue weighted by molar-refractivity contribution is -0.125. The van der Waals surface area contributed by atoms with Crippen molar-refractivity contribution >= 4 is 28.6 Å². The Labute approximate surface area is 124 Å². The summed E-state index contributed by atoms with van der Waals surface area (Å²) in [5.74, 6) is 0.918. The highest BCUT2D eigenvalue weighted by atomic mass is 16.1. The number of benzene rings is 1. The molecule has 0 aliphatic heterocycles. The number of amides is 1. The van der Waals surface area contributed by atoms with E-state index in [2.05, 4.69) is 20.6 Å². The molecule has 0 radical (unpaired) electrons. The lowest BCUT2D eigenvalue weighted by Gasteiger charge is -2.21. The summed E-state index contributed by atoms with van der Waals surface area (Å²) in [5, 5.41) is 7.24. The van der Waals surface area contributed by atoms with Crippen molar-refractivity contribution in [1.82, 2.24) is 9.97 Å². The van der Waals surface area contributed by atoms with Gasteiger partial charge >= 0.3 is 0 Å². The molecule has 0 aliphatic carbocycles. The number of hydrogen-bond donors (Lipinski definition) is 3. The normalized spacial score (nSPS) is 11.4. The van der Waals surface area contributed by atoms with Crippen LogP contribution in [0.1, 0.15) is 20.8 Å². The Morgan fingerprint density at radius 1 is 1.24 bits per heavy atom. The summed E-state index contributed by atoms with van der Waals surface area (Å²) in [7, 11) is 0. The molecule has 0 saturated heterocycles. The van der Waals surface area contributed by atoms with E-state index in [0.29, 0.717) is 18.3 Å². The van der Waals surface area contributed by atoms with Crippen molar-refractivity contribution < 1.29 is 4.79 Å². The summed E-state index contributed by atoms with van der Waals surface area (Å²) in [6, 6.07) is 7.75. The number of hydrogen-bond acceptors (Lipinski definition) is 5. The van der Waals surface area contributed by atoms with Crippen molar-refractivity contribution in [3.63, 3.8) is 0 Å². The van der Waals surface area contributed by atoms with Gasteiger partial charge in [0, 0.05) is 18.5 Å². The highest BCUT2D eigenvalue weighted by molar-refractivity contribution is 5.90. The topological polar surface area (TPSA) is 92.9 Å². The molecular weight excluding hydrogens is 266 g/mol. The van der Waals surface area contributed by atoms with Gasteiger partial charge in [-0.15, -0.1) is 0 Å². The van der Waals surface area contributed by atoms with Crippen LogP contribution in [-0.2, 0) is 4.79 Å². The predicted octanol–water partition coefficient (Wildman–Crippen LogP) is 1.98. The molecule has 1 amide bonds. The van der Waals surface area contributed by atoms with Gasteiger partial charge in [-0.3, -0.25) is 4.79 Å². The van der Waals surface area contributed by atoms with Crippen molar-refractivity contribution in [2.24, 2.45) is 11.1 Å². The van der Waals surface area contributed by atoms with Crippen molar-refractivity contribution in [3.05, 3.63) is 24.3 Å². The highest BCUT2D eigenvalue weighted by Crippen LogP contribution is 2.23.